The van der Waals surface area contributed by atoms with Crippen LogP contribution in [0.25, 0.3) is 0 Å². The van der Waals surface area contributed by atoms with Crippen LogP contribution in [0.1, 0.15) is 66.9 Å². The van der Waals surface area contributed by atoms with E-state index in [1.807, 2.05) is 0 Å². The number of hydrogen-bond donors (Lipinski definition) is 4. The van der Waals surface area contributed by atoms with Crippen molar-refractivity contribution in [3.05, 3.63) is 35.4 Å². The number of carbonyl (C=O) groups excluding carboxylic acids is 4. The quantitative estimate of drug-likeness (QED) is 0.235. The van der Waals surface area contributed by atoms with E-state index in [-0.39, 0.29) is 31.3 Å². The Morgan fingerprint density at radius 2 is 1.81 bits per heavy atom. The summed E-state index contributed by atoms with van der Waals surface area (Å²) in [5.41, 5.74) is 4.34. The van der Waals surface area contributed by atoms with Crippen LogP contribution in [0.15, 0.2) is 24.3 Å². The van der Waals surface area contributed by atoms with Gasteiger partial charge < -0.3 is 20.9 Å². The molecule has 2 aliphatic heterocycles. The third-order valence-corrected chi connectivity index (χ3v) is 7.75. The molecule has 2 saturated heterocycles. The van der Waals surface area contributed by atoms with Crippen LogP contribution in [0.5, 0.6) is 0 Å². The lowest BCUT2D eigenvalue weighted by Crippen LogP contribution is -2.56. The van der Waals surface area contributed by atoms with E-state index in [0.717, 1.165) is 19.3 Å². The number of nitrogens with zero attached hydrogens (tertiary/aromatic N) is 1. The number of nitrogens with two attached hydrogens (primary N) is 1. The number of urea groups is 1. The summed E-state index contributed by atoms with van der Waals surface area (Å²) in [6, 6.07) is 4.70. The molecule has 11 nitrogen and oxygen atoms in total. The van der Waals surface area contributed by atoms with E-state index in [9.17, 15) is 29.1 Å². The maximum absolute atomic E-state index is 13.8. The van der Waals surface area contributed by atoms with Gasteiger partial charge in [0.15, 0.2) is 0 Å². The molecule has 4 amide bonds. The Kier molecular flexibility index (Phi) is 7.30. The zero-order valence-corrected chi connectivity index (χ0v) is 20.2. The van der Waals surface area contributed by atoms with Gasteiger partial charge in [0.25, 0.3) is 0 Å². The van der Waals surface area contributed by atoms with Crippen molar-refractivity contribution in [2.24, 2.45) is 17.6 Å². The lowest BCUT2D eigenvalue weighted by Gasteiger charge is -2.34. The predicted molar refractivity (Wildman–Crippen MR) is 127 cm³/mol. The molecule has 0 radical (unpaired) electrons. The Bertz CT molecular complexity index is 1050. The number of aliphatic carboxylic acids is 1. The first-order valence-corrected chi connectivity index (χ1v) is 12.3. The highest BCUT2D eigenvalue weighted by Gasteiger charge is 2.68. The highest BCUT2D eigenvalue weighted by atomic mass is 16.5. The number of amides is 4. The molecule has 4 rings (SSSR count). The van der Waals surface area contributed by atoms with Gasteiger partial charge in [-0.3, -0.25) is 24.6 Å². The molecule has 36 heavy (non-hydrogen) atoms. The molecule has 1 aromatic carbocycles. The molecule has 11 heteroatoms. The van der Waals surface area contributed by atoms with Crippen molar-refractivity contribution in [3.8, 4) is 0 Å². The minimum atomic E-state index is -1.70. The molecular weight excluding hydrogens is 468 g/mol. The summed E-state index contributed by atoms with van der Waals surface area (Å²) in [5.74, 6) is -4.55. The van der Waals surface area contributed by atoms with Gasteiger partial charge in [-0.2, -0.15) is 0 Å². The predicted octanol–water partition coefficient (Wildman–Crippen LogP) is 1.32. The van der Waals surface area contributed by atoms with Gasteiger partial charge in [0.05, 0.1) is 24.5 Å². The van der Waals surface area contributed by atoms with Crippen LogP contribution in [-0.4, -0.2) is 65.0 Å². The fraction of sp³-hybridized carbons (Fsp3) is 0.560. The molecule has 1 aliphatic carbocycles. The van der Waals surface area contributed by atoms with Gasteiger partial charge in [-0.25, -0.2) is 9.59 Å². The number of rotatable bonds is 8. The van der Waals surface area contributed by atoms with Gasteiger partial charge in [0, 0.05) is 18.6 Å². The number of hydrogen-bond acceptors (Lipinski definition) is 7. The van der Waals surface area contributed by atoms with E-state index in [0.29, 0.717) is 24.0 Å². The SMILES string of the molecule is COC(=O)c1ccc(C2NC(CCCNC(N)=O)(C(=O)O)C3C(=O)N(C4CCCCC4)C(=O)C23)cc1. The number of esters is 1. The molecule has 1 aromatic rings. The Hall–Kier alpha value is -3.47. The highest BCUT2D eigenvalue weighted by Crippen LogP contribution is 2.51. The lowest BCUT2D eigenvalue weighted by atomic mass is 9.77. The van der Waals surface area contributed by atoms with Crippen LogP contribution in [0.4, 0.5) is 4.79 Å². The zero-order chi connectivity index (χ0) is 26.0. The monoisotopic (exact) mass is 500 g/mol. The second-order valence-corrected chi connectivity index (χ2v) is 9.75. The number of carbonyl (C=O) groups is 5. The van der Waals surface area contributed by atoms with Crippen molar-refractivity contribution >= 4 is 29.8 Å². The molecule has 3 aliphatic rings. The van der Waals surface area contributed by atoms with Crippen LogP contribution in [0.3, 0.4) is 0 Å². The number of carboxylic acids is 1. The van der Waals surface area contributed by atoms with Crippen molar-refractivity contribution < 1.29 is 33.8 Å². The fourth-order valence-electron chi connectivity index (χ4n) is 6.07. The zero-order valence-electron chi connectivity index (χ0n) is 20.2. The van der Waals surface area contributed by atoms with E-state index in [1.54, 1.807) is 24.3 Å². The van der Waals surface area contributed by atoms with Crippen LogP contribution in [0, 0.1) is 11.8 Å². The van der Waals surface area contributed by atoms with Gasteiger partial charge in [-0.1, -0.05) is 31.4 Å². The third-order valence-electron chi connectivity index (χ3n) is 7.75. The van der Waals surface area contributed by atoms with E-state index in [2.05, 4.69) is 10.6 Å². The molecule has 5 N–H and O–H groups in total. The summed E-state index contributed by atoms with van der Waals surface area (Å²) in [6.07, 6.45) is 4.55. The molecule has 194 valence electrons. The molecule has 3 fully saturated rings. The Balaban J connectivity index is 1.71. The van der Waals surface area contributed by atoms with Crippen molar-refractivity contribution in [2.75, 3.05) is 13.7 Å². The summed E-state index contributed by atoms with van der Waals surface area (Å²) in [6.45, 7) is 0.135. The smallest absolute Gasteiger partial charge is 0.337 e. The Morgan fingerprint density at radius 3 is 2.39 bits per heavy atom. The van der Waals surface area contributed by atoms with E-state index < -0.39 is 47.3 Å². The number of imide groups is 1. The Morgan fingerprint density at radius 1 is 1.14 bits per heavy atom. The number of likely N-dealkylation sites (tertiary alicyclic amines) is 1. The van der Waals surface area contributed by atoms with Gasteiger partial charge in [0.2, 0.25) is 11.8 Å². The molecule has 2 heterocycles. The van der Waals surface area contributed by atoms with E-state index in [4.69, 9.17) is 10.5 Å². The average Bonchev–Trinajstić information content (AvgIpc) is 3.36. The number of primary amides is 1. The minimum absolute atomic E-state index is 0.0120. The number of nitrogens with one attached hydrogen (secondary N) is 2. The molecule has 0 spiro atoms. The highest BCUT2D eigenvalue weighted by molar-refractivity contribution is 6.09. The lowest BCUT2D eigenvalue weighted by molar-refractivity contribution is -0.153. The molecule has 0 aromatic heterocycles. The largest absolute Gasteiger partial charge is 0.480 e. The van der Waals surface area contributed by atoms with Crippen molar-refractivity contribution in [2.45, 2.75) is 62.6 Å². The molecule has 0 bridgehead atoms. The van der Waals surface area contributed by atoms with E-state index >= 15 is 0 Å². The summed E-state index contributed by atoms with van der Waals surface area (Å²) in [7, 11) is 1.27. The average molecular weight is 501 g/mol. The molecule has 1 saturated carbocycles. The van der Waals surface area contributed by atoms with Gasteiger partial charge in [-0.15, -0.1) is 0 Å². The maximum atomic E-state index is 13.8. The van der Waals surface area contributed by atoms with Gasteiger partial charge >= 0.3 is 18.0 Å². The van der Waals surface area contributed by atoms with Crippen molar-refractivity contribution in [3.63, 3.8) is 0 Å². The summed E-state index contributed by atoms with van der Waals surface area (Å²) in [4.78, 5) is 64.6. The minimum Gasteiger partial charge on any atom is -0.480 e. The standard InChI is InChI=1S/C25H32N4O7/c1-36-22(32)15-10-8-14(9-11-15)19-17-18(21(31)29(20(17)30)16-6-3-2-4-7-16)25(28-19,23(33)34)12-5-13-27-24(26)35/h8-11,16-19,28H,2-7,12-13H2,1H3,(H,33,34)(H3,26,27,35). The molecular formula is C25H32N4O7. The topological polar surface area (TPSA) is 168 Å². The number of ether oxygens (including phenoxy) is 1. The van der Waals surface area contributed by atoms with Crippen molar-refractivity contribution in [1.82, 2.24) is 15.5 Å². The maximum Gasteiger partial charge on any atom is 0.337 e. The second-order valence-electron chi connectivity index (χ2n) is 9.75. The Labute approximate surface area is 208 Å². The summed E-state index contributed by atoms with van der Waals surface area (Å²) in [5, 5.41) is 16.0. The normalized spacial score (nSPS) is 28.1. The first-order chi connectivity index (χ1) is 17.2. The van der Waals surface area contributed by atoms with Crippen LogP contribution in [0.2, 0.25) is 0 Å². The number of fused-ring (bicyclic) bond motifs is 1. The van der Waals surface area contributed by atoms with Gasteiger partial charge in [-0.05, 0) is 43.4 Å². The fourth-order valence-corrected chi connectivity index (χ4v) is 6.07. The van der Waals surface area contributed by atoms with E-state index in [1.165, 1.54) is 12.0 Å². The third kappa shape index (κ3) is 4.43. The molecule has 4 unspecified atom stereocenters. The summed E-state index contributed by atoms with van der Waals surface area (Å²) < 4.78 is 4.74. The number of benzene rings is 1. The van der Waals surface area contributed by atoms with Gasteiger partial charge in [0.1, 0.15) is 5.54 Å². The molecule has 4 atom stereocenters. The number of methoxy groups -OCH3 is 1. The van der Waals surface area contributed by atoms with Crippen LogP contribution < -0.4 is 16.4 Å². The first-order valence-electron chi connectivity index (χ1n) is 12.3. The number of carboxylic acid groups (broad SMARTS) is 1. The van der Waals surface area contributed by atoms with Crippen LogP contribution in [-0.2, 0) is 19.1 Å². The second kappa shape index (κ2) is 10.3. The van der Waals surface area contributed by atoms with Crippen molar-refractivity contribution in [1.29, 1.82) is 0 Å². The summed E-state index contributed by atoms with van der Waals surface area (Å²) >= 11 is 0. The first kappa shape index (κ1) is 25.6. The van der Waals surface area contributed by atoms with Crippen LogP contribution >= 0.6 is 0 Å².